The first-order valence-electron chi connectivity index (χ1n) is 4.79. The fraction of sp³-hybridized carbons (Fsp3) is 0.0833. The van der Waals surface area contributed by atoms with Crippen molar-refractivity contribution < 1.29 is 9.21 Å². The molecule has 0 saturated heterocycles. The standard InChI is InChI=1S/C12H7Cl3O2/c13-8-2-1-7(5-9(8)14)6-10(16)11-3-4-12(15)17-11/h1-5H,6H2. The van der Waals surface area contributed by atoms with Crippen LogP contribution >= 0.6 is 34.8 Å². The van der Waals surface area contributed by atoms with E-state index in [0.29, 0.717) is 10.0 Å². The number of Topliss-reactive ketones (excluding diaryl/α,β-unsaturated/α-hetero) is 1. The van der Waals surface area contributed by atoms with Crippen molar-refractivity contribution in [3.8, 4) is 0 Å². The van der Waals surface area contributed by atoms with Crippen molar-refractivity contribution >= 4 is 40.6 Å². The Kier molecular flexibility index (Phi) is 3.77. The van der Waals surface area contributed by atoms with Crippen molar-refractivity contribution in [1.82, 2.24) is 0 Å². The minimum absolute atomic E-state index is 0.157. The molecule has 0 spiro atoms. The van der Waals surface area contributed by atoms with E-state index < -0.39 is 0 Å². The molecule has 0 bridgehead atoms. The summed E-state index contributed by atoms with van der Waals surface area (Å²) in [6.07, 6.45) is 0.195. The quantitative estimate of drug-likeness (QED) is 0.769. The first-order chi connectivity index (χ1) is 8.06. The maximum atomic E-state index is 11.8. The van der Waals surface area contributed by atoms with E-state index >= 15 is 0 Å². The normalized spacial score (nSPS) is 10.5. The van der Waals surface area contributed by atoms with Crippen LogP contribution in [0.2, 0.25) is 15.3 Å². The van der Waals surface area contributed by atoms with E-state index in [1.54, 1.807) is 24.3 Å². The van der Waals surface area contributed by atoms with Crippen LogP contribution in [-0.2, 0) is 6.42 Å². The molecule has 2 nitrogen and oxygen atoms in total. The van der Waals surface area contributed by atoms with Crippen molar-refractivity contribution in [2.45, 2.75) is 6.42 Å². The molecule has 0 aliphatic heterocycles. The van der Waals surface area contributed by atoms with Gasteiger partial charge in [0.25, 0.3) is 0 Å². The van der Waals surface area contributed by atoms with Gasteiger partial charge in [-0.05, 0) is 41.4 Å². The maximum absolute atomic E-state index is 11.8. The van der Waals surface area contributed by atoms with Gasteiger partial charge in [-0.3, -0.25) is 4.79 Å². The summed E-state index contributed by atoms with van der Waals surface area (Å²) in [6, 6.07) is 8.14. The zero-order valence-electron chi connectivity index (χ0n) is 8.54. The molecule has 1 aromatic carbocycles. The number of halogens is 3. The minimum atomic E-state index is -0.157. The van der Waals surface area contributed by atoms with Gasteiger partial charge in [-0.2, -0.15) is 0 Å². The van der Waals surface area contributed by atoms with Gasteiger partial charge in [0.2, 0.25) is 5.78 Å². The highest BCUT2D eigenvalue weighted by Crippen LogP contribution is 2.23. The molecule has 1 aromatic heterocycles. The second-order valence-electron chi connectivity index (χ2n) is 3.45. The highest BCUT2D eigenvalue weighted by atomic mass is 35.5. The van der Waals surface area contributed by atoms with Crippen LogP contribution in [0.3, 0.4) is 0 Å². The van der Waals surface area contributed by atoms with E-state index in [2.05, 4.69) is 0 Å². The number of hydrogen-bond acceptors (Lipinski definition) is 2. The summed E-state index contributed by atoms with van der Waals surface area (Å²) in [6.45, 7) is 0. The van der Waals surface area contributed by atoms with Crippen LogP contribution in [0, 0.1) is 0 Å². The first-order valence-corrected chi connectivity index (χ1v) is 5.92. The number of carbonyl (C=O) groups excluding carboxylic acids is 1. The Morgan fingerprint density at radius 2 is 1.82 bits per heavy atom. The van der Waals surface area contributed by atoms with Crippen LogP contribution in [0.25, 0.3) is 0 Å². The van der Waals surface area contributed by atoms with Crippen LogP contribution in [0.1, 0.15) is 16.1 Å². The van der Waals surface area contributed by atoms with Crippen molar-refractivity contribution in [3.63, 3.8) is 0 Å². The molecular weight excluding hydrogens is 282 g/mol. The highest BCUT2D eigenvalue weighted by molar-refractivity contribution is 6.42. The number of hydrogen-bond donors (Lipinski definition) is 0. The van der Waals surface area contributed by atoms with Crippen molar-refractivity contribution in [2.24, 2.45) is 0 Å². The molecule has 0 saturated carbocycles. The van der Waals surface area contributed by atoms with Gasteiger partial charge in [-0.25, -0.2) is 0 Å². The monoisotopic (exact) mass is 288 g/mol. The van der Waals surface area contributed by atoms with Gasteiger partial charge in [-0.15, -0.1) is 0 Å². The van der Waals surface area contributed by atoms with Gasteiger partial charge in [0.1, 0.15) is 0 Å². The van der Waals surface area contributed by atoms with E-state index in [9.17, 15) is 4.79 Å². The van der Waals surface area contributed by atoms with E-state index in [1.807, 2.05) is 0 Å². The maximum Gasteiger partial charge on any atom is 0.202 e. The van der Waals surface area contributed by atoms with Crippen LogP contribution in [-0.4, -0.2) is 5.78 Å². The lowest BCUT2D eigenvalue weighted by Gasteiger charge is -2.01. The smallest absolute Gasteiger partial charge is 0.202 e. The van der Waals surface area contributed by atoms with E-state index in [-0.39, 0.29) is 23.2 Å². The Morgan fingerprint density at radius 1 is 1.06 bits per heavy atom. The predicted octanol–water partition coefficient (Wildman–Crippen LogP) is 4.67. The third kappa shape index (κ3) is 3.03. The lowest BCUT2D eigenvalue weighted by Crippen LogP contribution is -2.01. The van der Waals surface area contributed by atoms with Crippen LogP contribution in [0.5, 0.6) is 0 Å². The lowest BCUT2D eigenvalue weighted by atomic mass is 10.1. The predicted molar refractivity (Wildman–Crippen MR) is 68.2 cm³/mol. The van der Waals surface area contributed by atoms with Crippen molar-refractivity contribution in [1.29, 1.82) is 0 Å². The molecular formula is C12H7Cl3O2. The second kappa shape index (κ2) is 5.13. The zero-order valence-corrected chi connectivity index (χ0v) is 10.8. The number of rotatable bonds is 3. The molecule has 1 heterocycles. The molecule has 0 radical (unpaired) electrons. The minimum Gasteiger partial charge on any atom is -0.442 e. The molecule has 0 fully saturated rings. The Morgan fingerprint density at radius 3 is 2.41 bits per heavy atom. The fourth-order valence-corrected chi connectivity index (χ4v) is 1.85. The summed E-state index contributed by atoms with van der Waals surface area (Å²) in [5.41, 5.74) is 0.775. The molecule has 17 heavy (non-hydrogen) atoms. The fourth-order valence-electron chi connectivity index (χ4n) is 1.39. The van der Waals surface area contributed by atoms with Gasteiger partial charge < -0.3 is 4.42 Å². The van der Waals surface area contributed by atoms with Gasteiger partial charge >= 0.3 is 0 Å². The van der Waals surface area contributed by atoms with E-state index in [4.69, 9.17) is 39.2 Å². The van der Waals surface area contributed by atoms with Gasteiger partial charge in [0.15, 0.2) is 11.0 Å². The van der Waals surface area contributed by atoms with E-state index in [0.717, 1.165) is 5.56 Å². The molecule has 88 valence electrons. The summed E-state index contributed by atoms with van der Waals surface area (Å²) in [5.74, 6) is 0.0800. The second-order valence-corrected chi connectivity index (χ2v) is 4.64. The number of ketones is 1. The van der Waals surface area contributed by atoms with Gasteiger partial charge in [0.05, 0.1) is 10.0 Å². The molecule has 2 rings (SSSR count). The number of carbonyl (C=O) groups is 1. The van der Waals surface area contributed by atoms with Crippen molar-refractivity contribution in [3.05, 3.63) is 56.9 Å². The number of benzene rings is 1. The topological polar surface area (TPSA) is 30.2 Å². The first kappa shape index (κ1) is 12.5. The summed E-state index contributed by atoms with van der Waals surface area (Å²) < 4.78 is 5.03. The van der Waals surface area contributed by atoms with E-state index in [1.165, 1.54) is 6.07 Å². The molecule has 0 aliphatic rings. The molecule has 0 unspecified atom stereocenters. The van der Waals surface area contributed by atoms with Gasteiger partial charge in [-0.1, -0.05) is 29.3 Å². The van der Waals surface area contributed by atoms with Crippen LogP contribution in [0.4, 0.5) is 0 Å². The van der Waals surface area contributed by atoms with Gasteiger partial charge in [0, 0.05) is 6.42 Å². The summed E-state index contributed by atoms with van der Waals surface area (Å²) in [4.78, 5) is 11.8. The molecule has 0 N–H and O–H groups in total. The third-order valence-electron chi connectivity index (χ3n) is 2.20. The lowest BCUT2D eigenvalue weighted by molar-refractivity contribution is 0.0966. The zero-order chi connectivity index (χ0) is 12.4. The summed E-state index contributed by atoms with van der Waals surface area (Å²) >= 11 is 17.2. The average Bonchev–Trinajstić information content (AvgIpc) is 2.70. The SMILES string of the molecule is O=C(Cc1ccc(Cl)c(Cl)c1)c1ccc(Cl)o1. The number of furan rings is 1. The van der Waals surface area contributed by atoms with Crippen molar-refractivity contribution in [2.75, 3.05) is 0 Å². The third-order valence-corrected chi connectivity index (χ3v) is 3.14. The molecule has 0 amide bonds. The summed E-state index contributed by atoms with van der Waals surface area (Å²) in [5, 5.41) is 1.08. The molecule has 2 aromatic rings. The Labute approximate surface area is 113 Å². The average molecular weight is 290 g/mol. The largest absolute Gasteiger partial charge is 0.442 e. The molecule has 0 aliphatic carbocycles. The van der Waals surface area contributed by atoms with Crippen LogP contribution in [0.15, 0.2) is 34.7 Å². The summed E-state index contributed by atoms with van der Waals surface area (Å²) in [7, 11) is 0. The Balaban J connectivity index is 2.15. The Hall–Kier alpha value is -0.960. The molecule has 5 heteroatoms. The highest BCUT2D eigenvalue weighted by Gasteiger charge is 2.12. The van der Waals surface area contributed by atoms with Crippen LogP contribution < -0.4 is 0 Å². The molecule has 0 atom stereocenters. The Bertz CT molecular complexity index is 561.